The summed E-state index contributed by atoms with van der Waals surface area (Å²) >= 11 is 0. The minimum Gasteiger partial charge on any atom is -0.311 e. The SMILES string of the molecule is c1ccc([Si]2(c3ccc4ccccc4c3)c3ccccc3N(c3ccc4nc(N5c6ccccc6[Si](c6ccccc6)(c6ccc7ccccc7c6)c6ccccc65)ccc4c3)c3ccccc32)cc1. The van der Waals surface area contributed by atoms with Crippen molar-refractivity contribution in [3.63, 3.8) is 0 Å². The molecule has 3 nitrogen and oxygen atoms in total. The number of benzene rings is 11. The van der Waals surface area contributed by atoms with Crippen LogP contribution in [0.25, 0.3) is 32.4 Å². The molecule has 0 bridgehead atoms. The van der Waals surface area contributed by atoms with Gasteiger partial charge in [-0.25, -0.2) is 4.98 Å². The molecule has 0 saturated carbocycles. The lowest BCUT2D eigenvalue weighted by Gasteiger charge is -2.45. The molecule has 2 aliphatic heterocycles. The lowest BCUT2D eigenvalue weighted by Crippen LogP contribution is -2.77. The van der Waals surface area contributed by atoms with Crippen molar-refractivity contribution in [1.29, 1.82) is 0 Å². The summed E-state index contributed by atoms with van der Waals surface area (Å²) in [5, 5.41) is 17.1. The molecule has 0 aliphatic carbocycles. The normalized spacial score (nSPS) is 14.2. The predicted octanol–water partition coefficient (Wildman–Crippen LogP) is 10.9. The van der Waals surface area contributed by atoms with Gasteiger partial charge in [-0.2, -0.15) is 0 Å². The maximum absolute atomic E-state index is 5.56. The molecule has 0 fully saturated rings. The van der Waals surface area contributed by atoms with Crippen LogP contribution in [-0.2, 0) is 0 Å². The second kappa shape index (κ2) is 16.0. The molecule has 3 heterocycles. The van der Waals surface area contributed by atoms with Crippen LogP contribution >= 0.6 is 0 Å². The first-order chi connectivity index (χ1) is 34.7. The molecule has 70 heavy (non-hydrogen) atoms. The van der Waals surface area contributed by atoms with Gasteiger partial charge in [0.15, 0.2) is 16.1 Å². The van der Waals surface area contributed by atoms with Crippen LogP contribution in [0, 0.1) is 0 Å². The molecule has 0 saturated heterocycles. The average Bonchev–Trinajstić information content (AvgIpc) is 3.44. The first-order valence-corrected chi connectivity index (χ1v) is 28.2. The summed E-state index contributed by atoms with van der Waals surface area (Å²) in [4.78, 5) is 10.5. The Hall–Kier alpha value is -8.62. The molecule has 2 aliphatic rings. The van der Waals surface area contributed by atoms with E-state index in [1.54, 1.807) is 0 Å². The van der Waals surface area contributed by atoms with E-state index in [0.29, 0.717) is 0 Å². The predicted molar refractivity (Wildman–Crippen MR) is 300 cm³/mol. The largest absolute Gasteiger partial charge is 0.311 e. The number of hydrogen-bond acceptors (Lipinski definition) is 3. The molecule has 12 aromatic rings. The standard InChI is InChI=1S/C65H45N3Si2/c1-3-23-52(24-4-1)69(54-39-35-46-19-7-9-21-48(46)44-54)61-31-15-11-27-57(61)67(58-28-12-16-32-62(58)69)51-38-41-56-50(43-51)37-42-65(66-56)68-59-29-13-17-33-63(59)70(53-25-5-2-6-26-53,64-34-18-14-30-60(64)68)55-40-36-47-20-8-10-22-49(47)45-55/h1-45H. The van der Waals surface area contributed by atoms with Crippen LogP contribution in [0.15, 0.2) is 273 Å². The van der Waals surface area contributed by atoms with Crippen molar-refractivity contribution < 1.29 is 0 Å². The Kier molecular flexibility index (Phi) is 9.24. The van der Waals surface area contributed by atoms with E-state index in [1.165, 1.54) is 85.8 Å². The highest BCUT2D eigenvalue weighted by atomic mass is 28.3. The van der Waals surface area contributed by atoms with E-state index in [9.17, 15) is 0 Å². The van der Waals surface area contributed by atoms with Crippen molar-refractivity contribution in [3.8, 4) is 0 Å². The van der Waals surface area contributed by atoms with Gasteiger partial charge < -0.3 is 4.90 Å². The highest BCUT2D eigenvalue weighted by Crippen LogP contribution is 2.42. The van der Waals surface area contributed by atoms with Gasteiger partial charge in [-0.1, -0.05) is 218 Å². The molecule has 0 N–H and O–H groups in total. The van der Waals surface area contributed by atoms with Gasteiger partial charge in [0.25, 0.3) is 0 Å². The van der Waals surface area contributed by atoms with E-state index >= 15 is 0 Å². The monoisotopic (exact) mass is 923 g/mol. The molecule has 11 aromatic carbocycles. The van der Waals surface area contributed by atoms with Gasteiger partial charge in [0.1, 0.15) is 5.82 Å². The van der Waals surface area contributed by atoms with Crippen LogP contribution in [-0.4, -0.2) is 21.1 Å². The summed E-state index contributed by atoms with van der Waals surface area (Å²) in [5.74, 6) is 0.900. The molecule has 1 aromatic heterocycles. The maximum atomic E-state index is 5.56. The van der Waals surface area contributed by atoms with Crippen LogP contribution < -0.4 is 51.3 Å². The number of nitrogens with zero attached hydrogens (tertiary/aromatic N) is 3. The number of fused-ring (bicyclic) bond motifs is 7. The second-order valence-corrected chi connectivity index (χ2v) is 26.1. The van der Waals surface area contributed by atoms with E-state index < -0.39 is 16.1 Å². The van der Waals surface area contributed by atoms with Gasteiger partial charge in [0.2, 0.25) is 0 Å². The van der Waals surface area contributed by atoms with Crippen molar-refractivity contribution >= 4 is 124 Å². The third kappa shape index (κ3) is 5.89. The van der Waals surface area contributed by atoms with E-state index in [4.69, 9.17) is 4.98 Å². The third-order valence-electron chi connectivity index (χ3n) is 15.1. The number of anilines is 6. The molecule has 0 spiro atoms. The summed E-state index contributed by atoms with van der Waals surface area (Å²) < 4.78 is 0. The zero-order chi connectivity index (χ0) is 46.2. The van der Waals surface area contributed by atoms with Crippen molar-refractivity contribution in [3.05, 3.63) is 273 Å². The Bertz CT molecular complexity index is 3650. The van der Waals surface area contributed by atoms with Crippen molar-refractivity contribution in [2.75, 3.05) is 9.80 Å². The molecular formula is C65H45N3Si2. The van der Waals surface area contributed by atoms with Gasteiger partial charge >= 0.3 is 0 Å². The lowest BCUT2D eigenvalue weighted by atomic mass is 10.1. The van der Waals surface area contributed by atoms with Crippen molar-refractivity contribution in [2.24, 2.45) is 0 Å². The summed E-state index contributed by atoms with van der Waals surface area (Å²) in [6.07, 6.45) is 0. The molecule has 0 atom stereocenters. The highest BCUT2D eigenvalue weighted by Gasteiger charge is 2.50. The zero-order valence-corrected chi connectivity index (χ0v) is 40.3. The number of para-hydroxylation sites is 4. The number of aromatic nitrogens is 1. The zero-order valence-electron chi connectivity index (χ0n) is 38.3. The average molecular weight is 924 g/mol. The molecule has 328 valence electrons. The van der Waals surface area contributed by atoms with E-state index in [0.717, 1.165) is 22.4 Å². The van der Waals surface area contributed by atoms with Crippen LogP contribution in [0.1, 0.15) is 0 Å². The third-order valence-corrected chi connectivity index (χ3v) is 24.8. The van der Waals surface area contributed by atoms with Crippen molar-refractivity contribution in [1.82, 2.24) is 4.98 Å². The molecule has 0 radical (unpaired) electrons. The summed E-state index contributed by atoms with van der Waals surface area (Å²) in [7, 11) is -5.67. The molecule has 14 rings (SSSR count). The lowest BCUT2D eigenvalue weighted by molar-refractivity contribution is 1.21. The number of pyridine rings is 1. The molecule has 5 heteroatoms. The van der Waals surface area contributed by atoms with Crippen LogP contribution in [0.5, 0.6) is 0 Å². The Balaban J connectivity index is 0.923. The quantitative estimate of drug-likeness (QED) is 0.155. The Labute approximate surface area is 409 Å². The fourth-order valence-corrected chi connectivity index (χ4v) is 22.4. The van der Waals surface area contributed by atoms with E-state index in [-0.39, 0.29) is 0 Å². The molecular weight excluding hydrogens is 879 g/mol. The van der Waals surface area contributed by atoms with Gasteiger partial charge in [0, 0.05) is 33.8 Å². The van der Waals surface area contributed by atoms with Gasteiger partial charge in [-0.05, 0) is 118 Å². The topological polar surface area (TPSA) is 19.4 Å². The summed E-state index contributed by atoms with van der Waals surface area (Å²) in [6, 6.07) is 102. The minimum absolute atomic E-state index is 0.900. The molecule has 0 unspecified atom stereocenters. The maximum Gasteiger partial charge on any atom is 0.184 e. The summed E-state index contributed by atoms with van der Waals surface area (Å²) in [6.45, 7) is 0. The van der Waals surface area contributed by atoms with Crippen molar-refractivity contribution in [2.45, 2.75) is 0 Å². The minimum atomic E-state index is -2.84. The fraction of sp³-hybridized carbons (Fsp3) is 0. The van der Waals surface area contributed by atoms with E-state index in [2.05, 4.69) is 283 Å². The Morgan fingerprint density at radius 1 is 0.257 bits per heavy atom. The Morgan fingerprint density at radius 2 is 0.643 bits per heavy atom. The van der Waals surface area contributed by atoms with E-state index in [1.807, 2.05) is 0 Å². The first-order valence-electron chi connectivity index (χ1n) is 24.2. The number of rotatable bonds is 6. The molecule has 0 amide bonds. The number of hydrogen-bond donors (Lipinski definition) is 0. The smallest absolute Gasteiger partial charge is 0.184 e. The van der Waals surface area contributed by atoms with Crippen LogP contribution in [0.4, 0.5) is 34.3 Å². The van der Waals surface area contributed by atoms with Gasteiger partial charge in [0.05, 0.1) is 5.52 Å². The summed E-state index contributed by atoms with van der Waals surface area (Å²) in [5.41, 5.74) is 6.84. The Morgan fingerprint density at radius 3 is 1.11 bits per heavy atom. The van der Waals surface area contributed by atoms with Crippen LogP contribution in [0.3, 0.4) is 0 Å². The van der Waals surface area contributed by atoms with Crippen LogP contribution in [0.2, 0.25) is 0 Å². The highest BCUT2D eigenvalue weighted by molar-refractivity contribution is 7.22. The first kappa shape index (κ1) is 40.5. The van der Waals surface area contributed by atoms with Gasteiger partial charge in [-0.15, -0.1) is 0 Å². The fourth-order valence-electron chi connectivity index (χ4n) is 12.2. The second-order valence-electron chi connectivity index (χ2n) is 18.6. The van der Waals surface area contributed by atoms with Gasteiger partial charge in [-0.3, -0.25) is 4.90 Å².